The van der Waals surface area contributed by atoms with Crippen molar-refractivity contribution < 1.29 is 0 Å². The van der Waals surface area contributed by atoms with Gasteiger partial charge in [0.25, 0.3) is 0 Å². The summed E-state index contributed by atoms with van der Waals surface area (Å²) >= 11 is 1.79. The monoisotopic (exact) mass is 339 g/mol. The second-order valence-electron chi connectivity index (χ2n) is 7.12. The van der Waals surface area contributed by atoms with Gasteiger partial charge in [-0.3, -0.25) is 9.58 Å². The van der Waals surface area contributed by atoms with E-state index in [1.807, 2.05) is 24.1 Å². The Kier molecular flexibility index (Phi) is 3.35. The lowest BCUT2D eigenvalue weighted by molar-refractivity contribution is 0.307. The predicted octanol–water partition coefficient (Wildman–Crippen LogP) is 2.65. The number of likely N-dealkylation sites (tertiary alicyclic amines) is 1. The van der Waals surface area contributed by atoms with E-state index in [9.17, 15) is 0 Å². The molecule has 2 aliphatic heterocycles. The lowest BCUT2D eigenvalue weighted by atomic mass is 9.89. The van der Waals surface area contributed by atoms with E-state index < -0.39 is 0 Å². The van der Waals surface area contributed by atoms with Crippen molar-refractivity contribution >= 4 is 11.3 Å². The van der Waals surface area contributed by atoms with Crippen molar-refractivity contribution in [2.24, 2.45) is 18.9 Å². The standard InChI is InChI=1S/C18H21N5S/c1-21-8-15(5-20-21)17-6-19-18-4-14-9-22(7-13-2-3-24-12-13)10-16(14)11-23(17)18/h2-3,5-6,8,12,14,16H,4,7,9-11H2,1H3/t14-,16-/m0/s1. The summed E-state index contributed by atoms with van der Waals surface area (Å²) in [4.78, 5) is 7.33. The lowest BCUT2D eigenvalue weighted by Gasteiger charge is -2.26. The number of aromatic nitrogens is 4. The van der Waals surface area contributed by atoms with E-state index in [4.69, 9.17) is 4.98 Å². The minimum absolute atomic E-state index is 0.737. The van der Waals surface area contributed by atoms with Crippen molar-refractivity contribution in [2.75, 3.05) is 13.1 Å². The molecule has 0 N–H and O–H groups in total. The van der Waals surface area contributed by atoms with Crippen molar-refractivity contribution in [1.29, 1.82) is 0 Å². The number of hydrogen-bond acceptors (Lipinski definition) is 4. The highest BCUT2D eigenvalue weighted by molar-refractivity contribution is 7.07. The third kappa shape index (κ3) is 2.41. The second kappa shape index (κ2) is 5.57. The first-order chi connectivity index (χ1) is 11.8. The fourth-order valence-corrected chi connectivity index (χ4v) is 4.94. The predicted molar refractivity (Wildman–Crippen MR) is 94.7 cm³/mol. The highest BCUT2D eigenvalue weighted by Gasteiger charge is 2.37. The molecule has 1 saturated heterocycles. The Morgan fingerprint density at radius 3 is 2.92 bits per heavy atom. The zero-order valence-corrected chi connectivity index (χ0v) is 14.6. The van der Waals surface area contributed by atoms with Crippen LogP contribution in [0.2, 0.25) is 0 Å². The van der Waals surface area contributed by atoms with E-state index in [1.54, 1.807) is 11.3 Å². The number of thiophene rings is 1. The topological polar surface area (TPSA) is 38.9 Å². The zero-order valence-electron chi connectivity index (χ0n) is 13.8. The maximum atomic E-state index is 4.71. The van der Waals surface area contributed by atoms with Crippen molar-refractivity contribution in [3.05, 3.63) is 46.8 Å². The minimum atomic E-state index is 0.737. The molecule has 3 aromatic rings. The van der Waals surface area contributed by atoms with Crippen molar-refractivity contribution in [2.45, 2.75) is 19.5 Å². The van der Waals surface area contributed by atoms with Crippen LogP contribution in [0.15, 0.2) is 35.4 Å². The Labute approximate surface area is 145 Å². The van der Waals surface area contributed by atoms with Gasteiger partial charge in [0.1, 0.15) is 5.82 Å². The average Bonchev–Trinajstić information content (AvgIpc) is 3.31. The SMILES string of the molecule is Cn1cc(-c2cnc3n2C[C@@H]2CN(Cc4ccsc4)C[C@@H]2C3)cn1. The van der Waals surface area contributed by atoms with Crippen molar-refractivity contribution in [3.63, 3.8) is 0 Å². The molecular weight excluding hydrogens is 318 g/mol. The minimum Gasteiger partial charge on any atom is -0.328 e. The number of fused-ring (bicyclic) bond motifs is 2. The molecule has 6 heteroatoms. The smallest absolute Gasteiger partial charge is 0.109 e. The summed E-state index contributed by atoms with van der Waals surface area (Å²) in [6.07, 6.45) is 7.14. The van der Waals surface area contributed by atoms with Crippen LogP contribution < -0.4 is 0 Å². The van der Waals surface area contributed by atoms with E-state index in [0.29, 0.717) is 0 Å². The van der Waals surface area contributed by atoms with Gasteiger partial charge in [-0.1, -0.05) is 0 Å². The number of hydrogen-bond donors (Lipinski definition) is 0. The molecule has 5 nitrogen and oxygen atoms in total. The highest BCUT2D eigenvalue weighted by atomic mass is 32.1. The molecule has 0 radical (unpaired) electrons. The summed E-state index contributed by atoms with van der Waals surface area (Å²) in [7, 11) is 1.96. The first-order valence-corrected chi connectivity index (χ1v) is 9.47. The van der Waals surface area contributed by atoms with E-state index in [1.165, 1.54) is 35.7 Å². The van der Waals surface area contributed by atoms with Gasteiger partial charge in [0.15, 0.2) is 0 Å². The quantitative estimate of drug-likeness (QED) is 0.736. The van der Waals surface area contributed by atoms with E-state index in [0.717, 1.165) is 31.3 Å². The number of rotatable bonds is 3. The van der Waals surface area contributed by atoms with E-state index >= 15 is 0 Å². The van der Waals surface area contributed by atoms with Crippen molar-refractivity contribution in [3.8, 4) is 11.3 Å². The van der Waals surface area contributed by atoms with Gasteiger partial charge < -0.3 is 4.57 Å². The van der Waals surface area contributed by atoms with Gasteiger partial charge in [-0.05, 0) is 34.2 Å². The van der Waals surface area contributed by atoms with Crippen LogP contribution in [0, 0.1) is 11.8 Å². The molecule has 0 unspecified atom stereocenters. The molecule has 0 aliphatic carbocycles. The molecule has 0 spiro atoms. The summed E-state index contributed by atoms with van der Waals surface area (Å²) in [5.41, 5.74) is 3.84. The first-order valence-electron chi connectivity index (χ1n) is 8.53. The summed E-state index contributed by atoms with van der Waals surface area (Å²) in [5.74, 6) is 2.73. The van der Waals surface area contributed by atoms with Gasteiger partial charge in [-0.25, -0.2) is 4.98 Å². The molecule has 3 aromatic heterocycles. The summed E-state index contributed by atoms with van der Waals surface area (Å²) in [5, 5.41) is 8.76. The van der Waals surface area contributed by atoms with Crippen LogP contribution in [0.4, 0.5) is 0 Å². The van der Waals surface area contributed by atoms with E-state index in [2.05, 4.69) is 37.6 Å². The number of imidazole rings is 1. The van der Waals surface area contributed by atoms with Gasteiger partial charge in [-0.2, -0.15) is 16.4 Å². The summed E-state index contributed by atoms with van der Waals surface area (Å²) in [6.45, 7) is 4.58. The Morgan fingerprint density at radius 1 is 1.21 bits per heavy atom. The van der Waals surface area contributed by atoms with Crippen molar-refractivity contribution in [1.82, 2.24) is 24.2 Å². The Hall–Kier alpha value is -1.92. The molecule has 124 valence electrons. The maximum Gasteiger partial charge on any atom is 0.109 e. The molecule has 1 fully saturated rings. The zero-order chi connectivity index (χ0) is 16.1. The van der Waals surface area contributed by atoms with Crippen LogP contribution in [-0.4, -0.2) is 37.3 Å². The molecular formula is C18H21N5S. The van der Waals surface area contributed by atoms with Gasteiger partial charge in [0, 0.05) is 51.4 Å². The molecule has 5 rings (SSSR count). The molecule has 0 amide bonds. The highest BCUT2D eigenvalue weighted by Crippen LogP contribution is 2.35. The van der Waals surface area contributed by atoms with Gasteiger partial charge >= 0.3 is 0 Å². The first kappa shape index (κ1) is 14.4. The van der Waals surface area contributed by atoms with Crippen LogP contribution in [0.25, 0.3) is 11.3 Å². The molecule has 0 saturated carbocycles. The fourth-order valence-electron chi connectivity index (χ4n) is 4.28. The Bertz CT molecular complexity index is 847. The lowest BCUT2D eigenvalue weighted by Crippen LogP contribution is -2.28. The second-order valence-corrected chi connectivity index (χ2v) is 7.90. The Balaban J connectivity index is 1.36. The largest absolute Gasteiger partial charge is 0.328 e. The normalized spacial score (nSPS) is 23.4. The fraction of sp³-hybridized carbons (Fsp3) is 0.444. The Morgan fingerprint density at radius 2 is 2.12 bits per heavy atom. The van der Waals surface area contributed by atoms with Crippen LogP contribution >= 0.6 is 11.3 Å². The molecule has 24 heavy (non-hydrogen) atoms. The van der Waals surface area contributed by atoms with Gasteiger partial charge in [-0.15, -0.1) is 0 Å². The maximum absolute atomic E-state index is 4.71. The third-order valence-electron chi connectivity index (χ3n) is 5.44. The summed E-state index contributed by atoms with van der Waals surface area (Å²) < 4.78 is 4.28. The van der Waals surface area contributed by atoms with Gasteiger partial charge in [0.2, 0.25) is 0 Å². The molecule has 2 atom stereocenters. The third-order valence-corrected chi connectivity index (χ3v) is 6.17. The van der Waals surface area contributed by atoms with Crippen LogP contribution in [0.5, 0.6) is 0 Å². The van der Waals surface area contributed by atoms with Crippen LogP contribution in [0.3, 0.4) is 0 Å². The van der Waals surface area contributed by atoms with Crippen LogP contribution in [-0.2, 0) is 26.6 Å². The average molecular weight is 339 g/mol. The van der Waals surface area contributed by atoms with E-state index in [-0.39, 0.29) is 0 Å². The number of nitrogens with zero attached hydrogens (tertiary/aromatic N) is 5. The number of aryl methyl sites for hydroxylation is 1. The molecule has 0 aromatic carbocycles. The van der Waals surface area contributed by atoms with Gasteiger partial charge in [0.05, 0.1) is 18.1 Å². The summed E-state index contributed by atoms with van der Waals surface area (Å²) in [6, 6.07) is 2.25. The molecule has 5 heterocycles. The molecule has 2 aliphatic rings. The van der Waals surface area contributed by atoms with Crippen LogP contribution in [0.1, 0.15) is 11.4 Å². The molecule has 0 bridgehead atoms.